The topological polar surface area (TPSA) is 56.8 Å². The van der Waals surface area contributed by atoms with Crippen molar-refractivity contribution in [3.63, 3.8) is 0 Å². The molecule has 0 radical (unpaired) electrons. The normalized spacial score (nSPS) is 23.3. The fraction of sp³-hybridized carbons (Fsp3) is 0.667. The first-order valence-electron chi connectivity index (χ1n) is 9.42. The lowest BCUT2D eigenvalue weighted by atomic mass is 9.55. The maximum Gasteiger partial charge on any atom is 0.407 e. The summed E-state index contributed by atoms with van der Waals surface area (Å²) < 4.78 is 16.5. The molecule has 5 nitrogen and oxygen atoms in total. The van der Waals surface area contributed by atoms with Crippen molar-refractivity contribution in [2.45, 2.75) is 71.8 Å². The van der Waals surface area contributed by atoms with Crippen molar-refractivity contribution in [3.8, 4) is 11.5 Å². The SMILES string of the molecule is CC(C)(C)OC(=O)NCCC1(C)c2cc3c(cc2CCC1(C)C)OCO3. The van der Waals surface area contributed by atoms with E-state index in [1.54, 1.807) is 0 Å². The molecule has 26 heavy (non-hydrogen) atoms. The second-order valence-corrected chi connectivity index (χ2v) is 9.26. The van der Waals surface area contributed by atoms with Crippen LogP contribution < -0.4 is 14.8 Å². The van der Waals surface area contributed by atoms with Crippen LogP contribution >= 0.6 is 0 Å². The van der Waals surface area contributed by atoms with Gasteiger partial charge in [0.1, 0.15) is 5.60 Å². The maximum absolute atomic E-state index is 12.0. The van der Waals surface area contributed by atoms with Crippen LogP contribution in [0.2, 0.25) is 0 Å². The van der Waals surface area contributed by atoms with Gasteiger partial charge in [-0.15, -0.1) is 0 Å². The molecule has 0 bridgehead atoms. The van der Waals surface area contributed by atoms with Crippen molar-refractivity contribution < 1.29 is 19.0 Å². The van der Waals surface area contributed by atoms with Crippen LogP contribution in [0, 0.1) is 5.41 Å². The van der Waals surface area contributed by atoms with E-state index in [0.717, 1.165) is 30.8 Å². The Kier molecular flexibility index (Phi) is 4.62. The van der Waals surface area contributed by atoms with E-state index in [1.165, 1.54) is 11.1 Å². The molecule has 0 spiro atoms. The Morgan fingerprint density at radius 3 is 2.50 bits per heavy atom. The van der Waals surface area contributed by atoms with Gasteiger partial charge in [-0.1, -0.05) is 20.8 Å². The van der Waals surface area contributed by atoms with E-state index in [2.05, 4.69) is 38.2 Å². The summed E-state index contributed by atoms with van der Waals surface area (Å²) in [5.74, 6) is 1.67. The van der Waals surface area contributed by atoms with Gasteiger partial charge in [0.2, 0.25) is 6.79 Å². The highest BCUT2D eigenvalue weighted by molar-refractivity contribution is 5.67. The van der Waals surface area contributed by atoms with Crippen molar-refractivity contribution in [3.05, 3.63) is 23.3 Å². The van der Waals surface area contributed by atoms with Gasteiger partial charge in [-0.05, 0) is 74.1 Å². The van der Waals surface area contributed by atoms with Crippen LogP contribution in [0.15, 0.2) is 12.1 Å². The Bertz CT molecular complexity index is 705. The van der Waals surface area contributed by atoms with Gasteiger partial charge in [0.25, 0.3) is 0 Å². The third-order valence-electron chi connectivity index (χ3n) is 6.00. The monoisotopic (exact) mass is 361 g/mol. The predicted octanol–water partition coefficient (Wildman–Crippen LogP) is 4.56. The van der Waals surface area contributed by atoms with E-state index in [-0.39, 0.29) is 16.9 Å². The highest BCUT2D eigenvalue weighted by Crippen LogP contribution is 2.54. The third kappa shape index (κ3) is 3.49. The number of alkyl carbamates (subject to hydrolysis) is 1. The van der Waals surface area contributed by atoms with Gasteiger partial charge in [-0.3, -0.25) is 0 Å². The summed E-state index contributed by atoms with van der Waals surface area (Å²) in [5, 5.41) is 2.92. The zero-order chi connectivity index (χ0) is 19.2. The quantitative estimate of drug-likeness (QED) is 0.857. The van der Waals surface area contributed by atoms with Crippen LogP contribution in [-0.4, -0.2) is 25.0 Å². The molecule has 0 aromatic heterocycles. The smallest absolute Gasteiger partial charge is 0.407 e. The van der Waals surface area contributed by atoms with Crippen LogP contribution in [0.4, 0.5) is 4.79 Å². The lowest BCUT2D eigenvalue weighted by molar-refractivity contribution is 0.0512. The van der Waals surface area contributed by atoms with E-state index < -0.39 is 5.60 Å². The van der Waals surface area contributed by atoms with Gasteiger partial charge < -0.3 is 19.5 Å². The average Bonchev–Trinajstić information content (AvgIpc) is 2.96. The number of ether oxygens (including phenoxy) is 3. The second kappa shape index (κ2) is 6.36. The molecular weight excluding hydrogens is 330 g/mol. The minimum atomic E-state index is -0.484. The van der Waals surface area contributed by atoms with E-state index in [4.69, 9.17) is 14.2 Å². The molecule has 144 valence electrons. The van der Waals surface area contributed by atoms with Gasteiger partial charge >= 0.3 is 6.09 Å². The first-order chi connectivity index (χ1) is 12.0. The Morgan fingerprint density at radius 1 is 1.19 bits per heavy atom. The number of rotatable bonds is 3. The van der Waals surface area contributed by atoms with E-state index in [1.807, 2.05) is 20.8 Å². The number of hydrogen-bond acceptors (Lipinski definition) is 4. The highest BCUT2D eigenvalue weighted by Gasteiger charge is 2.46. The maximum atomic E-state index is 12.0. The summed E-state index contributed by atoms with van der Waals surface area (Å²) in [5.41, 5.74) is 2.19. The summed E-state index contributed by atoms with van der Waals surface area (Å²) in [6.07, 6.45) is 2.61. The van der Waals surface area contributed by atoms with E-state index in [0.29, 0.717) is 13.3 Å². The second-order valence-electron chi connectivity index (χ2n) is 9.26. The van der Waals surface area contributed by atoms with Crippen molar-refractivity contribution in [2.24, 2.45) is 5.41 Å². The van der Waals surface area contributed by atoms with Crippen LogP contribution in [0.25, 0.3) is 0 Å². The van der Waals surface area contributed by atoms with Crippen LogP contribution in [0.1, 0.15) is 65.5 Å². The summed E-state index contributed by atoms with van der Waals surface area (Å²) in [4.78, 5) is 12.0. The van der Waals surface area contributed by atoms with Crippen LogP contribution in [0.5, 0.6) is 11.5 Å². The molecule has 2 aliphatic rings. The zero-order valence-electron chi connectivity index (χ0n) is 16.8. The molecule has 1 atom stereocenters. The Morgan fingerprint density at radius 2 is 1.85 bits per heavy atom. The summed E-state index contributed by atoms with van der Waals surface area (Å²) >= 11 is 0. The highest BCUT2D eigenvalue weighted by atomic mass is 16.7. The minimum absolute atomic E-state index is 0.0728. The molecule has 1 unspecified atom stereocenters. The number of amides is 1. The van der Waals surface area contributed by atoms with Gasteiger partial charge in [0, 0.05) is 6.54 Å². The molecule has 0 saturated carbocycles. The fourth-order valence-electron chi connectivity index (χ4n) is 3.99. The van der Waals surface area contributed by atoms with Crippen molar-refractivity contribution in [1.29, 1.82) is 0 Å². The standard InChI is InChI=1S/C21H31NO4/c1-19(2,3)26-18(23)22-10-9-21(6)15-12-17-16(24-13-25-17)11-14(15)7-8-20(21,4)5/h11-12H,7-10,13H2,1-6H3,(H,22,23). The van der Waals surface area contributed by atoms with Gasteiger partial charge in [0.05, 0.1) is 0 Å². The number of carbonyl (C=O) groups is 1. The van der Waals surface area contributed by atoms with Crippen molar-refractivity contribution in [1.82, 2.24) is 5.32 Å². The molecule has 1 heterocycles. The lowest BCUT2D eigenvalue weighted by Crippen LogP contribution is -2.46. The summed E-state index contributed by atoms with van der Waals surface area (Å²) in [7, 11) is 0. The molecule has 0 fully saturated rings. The number of nitrogens with one attached hydrogen (secondary N) is 1. The first kappa shape index (κ1) is 18.9. The Balaban J connectivity index is 1.79. The van der Waals surface area contributed by atoms with Crippen LogP contribution in [0.3, 0.4) is 0 Å². The largest absolute Gasteiger partial charge is 0.454 e. The van der Waals surface area contributed by atoms with Gasteiger partial charge in [-0.2, -0.15) is 0 Å². The molecule has 5 heteroatoms. The molecule has 1 aliphatic heterocycles. The summed E-state index contributed by atoms with van der Waals surface area (Å²) in [6.45, 7) is 13.4. The van der Waals surface area contributed by atoms with E-state index >= 15 is 0 Å². The number of carbonyl (C=O) groups excluding carboxylic acids is 1. The Labute approximate surface area is 156 Å². The molecule has 1 aromatic rings. The zero-order valence-corrected chi connectivity index (χ0v) is 16.8. The number of fused-ring (bicyclic) bond motifs is 2. The average molecular weight is 361 g/mol. The Hall–Kier alpha value is -1.91. The molecule has 0 saturated heterocycles. The molecule has 1 amide bonds. The van der Waals surface area contributed by atoms with E-state index in [9.17, 15) is 4.79 Å². The molecule has 1 aliphatic carbocycles. The third-order valence-corrected chi connectivity index (χ3v) is 6.00. The molecular formula is C21H31NO4. The van der Waals surface area contributed by atoms with Crippen molar-refractivity contribution in [2.75, 3.05) is 13.3 Å². The summed E-state index contributed by atoms with van der Waals surface area (Å²) in [6, 6.07) is 4.28. The fourth-order valence-corrected chi connectivity index (χ4v) is 3.99. The van der Waals surface area contributed by atoms with Crippen LogP contribution in [-0.2, 0) is 16.6 Å². The molecule has 1 aromatic carbocycles. The number of hydrogen-bond donors (Lipinski definition) is 1. The van der Waals surface area contributed by atoms with Gasteiger partial charge in [0.15, 0.2) is 11.5 Å². The minimum Gasteiger partial charge on any atom is -0.454 e. The first-order valence-corrected chi connectivity index (χ1v) is 9.42. The molecule has 1 N–H and O–H groups in total. The van der Waals surface area contributed by atoms with Crippen molar-refractivity contribution >= 4 is 6.09 Å². The number of aryl methyl sites for hydroxylation is 1. The van der Waals surface area contributed by atoms with Gasteiger partial charge in [-0.25, -0.2) is 4.79 Å². The molecule has 3 rings (SSSR count). The predicted molar refractivity (Wildman–Crippen MR) is 101 cm³/mol. The lowest BCUT2D eigenvalue weighted by Gasteiger charge is -2.49. The number of benzene rings is 1.